The highest BCUT2D eigenvalue weighted by molar-refractivity contribution is 7.89. The summed E-state index contributed by atoms with van der Waals surface area (Å²) in [5.74, 6) is -0.270. The summed E-state index contributed by atoms with van der Waals surface area (Å²) in [5, 5.41) is 6.58. The predicted molar refractivity (Wildman–Crippen MR) is 108 cm³/mol. The molecule has 0 unspecified atom stereocenters. The molecule has 2 atom stereocenters. The van der Waals surface area contributed by atoms with E-state index < -0.39 is 16.1 Å². The van der Waals surface area contributed by atoms with Gasteiger partial charge in [0.05, 0.1) is 10.9 Å². The van der Waals surface area contributed by atoms with Gasteiger partial charge in [-0.05, 0) is 43.7 Å². The van der Waals surface area contributed by atoms with E-state index >= 15 is 0 Å². The fourth-order valence-corrected chi connectivity index (χ4v) is 3.81. The van der Waals surface area contributed by atoms with Crippen molar-refractivity contribution in [3.05, 3.63) is 59.1 Å². The first kappa shape index (κ1) is 21.4. The highest BCUT2D eigenvalue weighted by Gasteiger charge is 2.20. The summed E-state index contributed by atoms with van der Waals surface area (Å²) in [6, 6.07) is 13.0. The van der Waals surface area contributed by atoms with Crippen molar-refractivity contribution in [3.8, 4) is 0 Å². The van der Waals surface area contributed by atoms with Crippen molar-refractivity contribution < 1.29 is 13.2 Å². The number of sulfonamides is 1. The molecule has 0 aliphatic rings. The summed E-state index contributed by atoms with van der Waals surface area (Å²) in [6.45, 7) is 3.67. The van der Waals surface area contributed by atoms with Crippen LogP contribution in [0.2, 0.25) is 5.02 Å². The predicted octanol–water partition coefficient (Wildman–Crippen LogP) is 3.27. The van der Waals surface area contributed by atoms with Crippen LogP contribution in [-0.2, 0) is 14.8 Å². The van der Waals surface area contributed by atoms with E-state index in [9.17, 15) is 13.2 Å². The van der Waals surface area contributed by atoms with Crippen LogP contribution in [0.5, 0.6) is 0 Å². The summed E-state index contributed by atoms with van der Waals surface area (Å²) in [6.07, 6.45) is 0. The Balaban J connectivity index is 2.08. The van der Waals surface area contributed by atoms with Gasteiger partial charge in [-0.1, -0.05) is 35.9 Å². The summed E-state index contributed by atoms with van der Waals surface area (Å²) in [5.41, 5.74) is 1.32. The van der Waals surface area contributed by atoms with Crippen LogP contribution in [0.4, 0.5) is 5.69 Å². The van der Waals surface area contributed by atoms with E-state index in [4.69, 9.17) is 11.6 Å². The average molecular weight is 410 g/mol. The molecular weight excluding hydrogens is 386 g/mol. The number of halogens is 1. The summed E-state index contributed by atoms with van der Waals surface area (Å²) >= 11 is 6.20. The molecule has 0 fully saturated rings. The number of hydrogen-bond acceptors (Lipinski definition) is 4. The standard InChI is InChI=1S/C19H24ClN3O3S/c1-13(17-10-5-6-11-18(17)20)21-14(2)19(24)22-15-8-7-9-16(12-15)27(25,26)23(3)4/h5-14,21H,1-4H3,(H,22,24)/t13-,14+/m0/s1. The Morgan fingerprint density at radius 1 is 1.07 bits per heavy atom. The monoisotopic (exact) mass is 409 g/mol. The minimum atomic E-state index is -3.56. The summed E-state index contributed by atoms with van der Waals surface area (Å²) in [7, 11) is -0.641. The molecule has 0 radical (unpaired) electrons. The fraction of sp³-hybridized carbons (Fsp3) is 0.316. The van der Waals surface area contributed by atoms with Crippen LogP contribution in [0.15, 0.2) is 53.4 Å². The second-order valence-corrected chi connectivity index (χ2v) is 9.00. The normalized spacial score (nSPS) is 14.0. The van der Waals surface area contributed by atoms with E-state index in [0.717, 1.165) is 9.87 Å². The molecular formula is C19H24ClN3O3S. The van der Waals surface area contributed by atoms with Crippen molar-refractivity contribution in [1.29, 1.82) is 0 Å². The van der Waals surface area contributed by atoms with Crippen molar-refractivity contribution >= 4 is 33.2 Å². The summed E-state index contributed by atoms with van der Waals surface area (Å²) in [4.78, 5) is 12.6. The van der Waals surface area contributed by atoms with Crippen molar-refractivity contribution in [1.82, 2.24) is 9.62 Å². The number of carbonyl (C=O) groups excluding carboxylic acids is 1. The Labute approximate surface area is 165 Å². The van der Waals surface area contributed by atoms with Gasteiger partial charge in [0.1, 0.15) is 0 Å². The Morgan fingerprint density at radius 2 is 1.74 bits per heavy atom. The maximum Gasteiger partial charge on any atom is 0.242 e. The number of anilines is 1. The molecule has 146 valence electrons. The Hall–Kier alpha value is -1.93. The van der Waals surface area contributed by atoms with Gasteiger partial charge in [0, 0.05) is 30.8 Å². The van der Waals surface area contributed by atoms with Crippen LogP contribution >= 0.6 is 11.6 Å². The van der Waals surface area contributed by atoms with E-state index in [2.05, 4.69) is 10.6 Å². The maximum absolute atomic E-state index is 12.5. The van der Waals surface area contributed by atoms with Gasteiger partial charge in [-0.15, -0.1) is 0 Å². The molecule has 0 bridgehead atoms. The molecule has 2 N–H and O–H groups in total. The van der Waals surface area contributed by atoms with Crippen LogP contribution in [0.1, 0.15) is 25.5 Å². The zero-order valence-corrected chi connectivity index (χ0v) is 17.3. The molecule has 8 heteroatoms. The van der Waals surface area contributed by atoms with Gasteiger partial charge in [0.15, 0.2) is 0 Å². The molecule has 0 spiro atoms. The van der Waals surface area contributed by atoms with E-state index in [1.165, 1.54) is 26.2 Å². The number of hydrogen-bond donors (Lipinski definition) is 2. The minimum Gasteiger partial charge on any atom is -0.325 e. The van der Waals surface area contributed by atoms with Gasteiger partial charge in [0.25, 0.3) is 0 Å². The molecule has 0 saturated heterocycles. The van der Waals surface area contributed by atoms with Crippen molar-refractivity contribution in [2.75, 3.05) is 19.4 Å². The number of nitrogens with one attached hydrogen (secondary N) is 2. The van der Waals surface area contributed by atoms with Gasteiger partial charge in [-0.2, -0.15) is 0 Å². The van der Waals surface area contributed by atoms with Crippen molar-refractivity contribution in [2.45, 2.75) is 30.8 Å². The van der Waals surface area contributed by atoms with Crippen molar-refractivity contribution in [2.24, 2.45) is 0 Å². The zero-order chi connectivity index (χ0) is 20.2. The lowest BCUT2D eigenvalue weighted by Crippen LogP contribution is -2.39. The maximum atomic E-state index is 12.5. The third-order valence-corrected chi connectivity index (χ3v) is 6.30. The number of rotatable bonds is 7. The summed E-state index contributed by atoms with van der Waals surface area (Å²) < 4.78 is 25.6. The minimum absolute atomic E-state index is 0.121. The first-order valence-electron chi connectivity index (χ1n) is 8.47. The lowest BCUT2D eigenvalue weighted by atomic mass is 10.1. The van der Waals surface area contributed by atoms with E-state index in [-0.39, 0.29) is 16.8 Å². The lowest BCUT2D eigenvalue weighted by Gasteiger charge is -2.21. The number of carbonyl (C=O) groups is 1. The third-order valence-electron chi connectivity index (χ3n) is 4.15. The Kier molecular flexibility index (Phi) is 7.00. The van der Waals surface area contributed by atoms with Crippen LogP contribution in [0.3, 0.4) is 0 Å². The van der Waals surface area contributed by atoms with E-state index in [1.807, 2.05) is 25.1 Å². The number of nitrogens with zero attached hydrogens (tertiary/aromatic N) is 1. The second-order valence-electron chi connectivity index (χ2n) is 6.44. The zero-order valence-electron chi connectivity index (χ0n) is 15.7. The molecule has 27 heavy (non-hydrogen) atoms. The molecule has 2 aromatic carbocycles. The first-order valence-corrected chi connectivity index (χ1v) is 10.3. The SMILES string of the molecule is C[C@H](N[C@H](C)C(=O)Nc1cccc(S(=O)(=O)N(C)C)c1)c1ccccc1Cl. The number of amides is 1. The third kappa shape index (κ3) is 5.29. The molecule has 0 aromatic heterocycles. The molecule has 2 rings (SSSR count). The van der Waals surface area contributed by atoms with Gasteiger partial charge in [0.2, 0.25) is 15.9 Å². The Morgan fingerprint density at radius 3 is 2.37 bits per heavy atom. The quantitative estimate of drug-likeness (QED) is 0.735. The topological polar surface area (TPSA) is 78.5 Å². The Bertz CT molecular complexity index is 916. The fourth-order valence-electron chi connectivity index (χ4n) is 2.56. The molecule has 0 saturated carbocycles. The average Bonchev–Trinajstić information content (AvgIpc) is 2.62. The first-order chi connectivity index (χ1) is 12.6. The molecule has 6 nitrogen and oxygen atoms in total. The molecule has 1 amide bonds. The number of benzene rings is 2. The van der Waals surface area contributed by atoms with Crippen LogP contribution in [-0.4, -0.2) is 38.8 Å². The van der Waals surface area contributed by atoms with Crippen LogP contribution in [0, 0.1) is 0 Å². The lowest BCUT2D eigenvalue weighted by molar-refractivity contribution is -0.117. The van der Waals surface area contributed by atoms with Gasteiger partial charge >= 0.3 is 0 Å². The highest BCUT2D eigenvalue weighted by atomic mass is 35.5. The molecule has 0 aliphatic heterocycles. The highest BCUT2D eigenvalue weighted by Crippen LogP contribution is 2.23. The largest absolute Gasteiger partial charge is 0.325 e. The van der Waals surface area contributed by atoms with E-state index in [0.29, 0.717) is 10.7 Å². The van der Waals surface area contributed by atoms with Gasteiger partial charge < -0.3 is 5.32 Å². The van der Waals surface area contributed by atoms with Crippen molar-refractivity contribution in [3.63, 3.8) is 0 Å². The molecule has 2 aromatic rings. The molecule has 0 heterocycles. The van der Waals surface area contributed by atoms with Crippen LogP contribution < -0.4 is 10.6 Å². The van der Waals surface area contributed by atoms with E-state index in [1.54, 1.807) is 25.1 Å². The van der Waals surface area contributed by atoms with Gasteiger partial charge in [-0.3, -0.25) is 10.1 Å². The molecule has 0 aliphatic carbocycles. The smallest absolute Gasteiger partial charge is 0.242 e. The van der Waals surface area contributed by atoms with Gasteiger partial charge in [-0.25, -0.2) is 12.7 Å². The van der Waals surface area contributed by atoms with Crippen LogP contribution in [0.25, 0.3) is 0 Å². The second kappa shape index (κ2) is 8.84.